The van der Waals surface area contributed by atoms with E-state index in [-0.39, 0.29) is 11.5 Å². The summed E-state index contributed by atoms with van der Waals surface area (Å²) in [7, 11) is 0. The minimum absolute atomic E-state index is 0.157. The summed E-state index contributed by atoms with van der Waals surface area (Å²) >= 11 is 0. The molecule has 2 saturated heterocycles. The first-order valence-corrected chi connectivity index (χ1v) is 6.77. The molecule has 0 N–H and O–H groups in total. The van der Waals surface area contributed by atoms with Crippen LogP contribution in [0.3, 0.4) is 0 Å². The van der Waals surface area contributed by atoms with Gasteiger partial charge >= 0.3 is 5.97 Å². The summed E-state index contributed by atoms with van der Waals surface area (Å²) in [5, 5.41) is 0. The molecular formula is C15H19NO2. The fourth-order valence-electron chi connectivity index (χ4n) is 3.32. The Kier molecular flexibility index (Phi) is 3.08. The van der Waals surface area contributed by atoms with E-state index in [0.29, 0.717) is 12.2 Å². The Morgan fingerprint density at radius 3 is 2.50 bits per heavy atom. The van der Waals surface area contributed by atoms with E-state index in [1.807, 2.05) is 18.2 Å². The van der Waals surface area contributed by atoms with Crippen molar-refractivity contribution in [3.8, 4) is 0 Å². The molecule has 0 spiro atoms. The lowest BCUT2D eigenvalue weighted by molar-refractivity contribution is 0.0250. The van der Waals surface area contributed by atoms with E-state index >= 15 is 0 Å². The molecule has 1 aromatic rings. The third-order valence-corrected chi connectivity index (χ3v) is 4.29. The number of nitrogens with zero attached hydrogens (tertiary/aromatic N) is 1. The van der Waals surface area contributed by atoms with Crippen LogP contribution in [0.1, 0.15) is 36.0 Å². The van der Waals surface area contributed by atoms with Crippen molar-refractivity contribution in [1.82, 2.24) is 4.90 Å². The van der Waals surface area contributed by atoms with Gasteiger partial charge in [0.2, 0.25) is 0 Å². The quantitative estimate of drug-likeness (QED) is 0.766. The van der Waals surface area contributed by atoms with Gasteiger partial charge in [-0.25, -0.2) is 4.79 Å². The van der Waals surface area contributed by atoms with Crippen molar-refractivity contribution < 1.29 is 9.53 Å². The first-order chi connectivity index (χ1) is 8.80. The molecule has 96 valence electrons. The number of fused-ring (bicyclic) bond motifs is 1. The van der Waals surface area contributed by atoms with E-state index in [4.69, 9.17) is 4.74 Å². The first kappa shape index (κ1) is 11.7. The highest BCUT2D eigenvalue weighted by atomic mass is 16.5. The van der Waals surface area contributed by atoms with Gasteiger partial charge in [-0.05, 0) is 50.9 Å². The molecule has 2 heterocycles. The molecule has 0 aromatic heterocycles. The molecule has 0 unspecified atom stereocenters. The maximum atomic E-state index is 11.9. The zero-order chi connectivity index (χ0) is 12.4. The molecule has 0 atom stereocenters. The van der Waals surface area contributed by atoms with Gasteiger partial charge in [-0.15, -0.1) is 0 Å². The summed E-state index contributed by atoms with van der Waals surface area (Å²) in [6.07, 6.45) is 4.83. The summed E-state index contributed by atoms with van der Waals surface area (Å²) in [5.41, 5.74) is 0.807. The van der Waals surface area contributed by atoms with E-state index in [1.54, 1.807) is 12.1 Å². The van der Waals surface area contributed by atoms with Crippen LogP contribution in [0.4, 0.5) is 0 Å². The molecule has 18 heavy (non-hydrogen) atoms. The minimum atomic E-state index is -0.191. The van der Waals surface area contributed by atoms with E-state index in [2.05, 4.69) is 4.90 Å². The van der Waals surface area contributed by atoms with Crippen LogP contribution in [-0.2, 0) is 4.74 Å². The third kappa shape index (κ3) is 2.03. The molecule has 3 rings (SSSR count). The number of carbonyl (C=O) groups excluding carboxylic acids is 1. The molecule has 0 saturated carbocycles. The Bertz CT molecular complexity index is 419. The number of carbonyl (C=O) groups is 1. The highest BCUT2D eigenvalue weighted by molar-refractivity contribution is 5.89. The van der Waals surface area contributed by atoms with Crippen LogP contribution in [0.25, 0.3) is 0 Å². The van der Waals surface area contributed by atoms with Crippen LogP contribution < -0.4 is 0 Å². The maximum Gasteiger partial charge on any atom is 0.338 e. The molecule has 3 heteroatoms. The number of esters is 1. The predicted molar refractivity (Wildman–Crippen MR) is 69.5 cm³/mol. The van der Waals surface area contributed by atoms with Gasteiger partial charge < -0.3 is 4.74 Å². The van der Waals surface area contributed by atoms with Crippen LogP contribution in [0, 0.1) is 0 Å². The van der Waals surface area contributed by atoms with Crippen molar-refractivity contribution in [2.45, 2.75) is 31.2 Å². The van der Waals surface area contributed by atoms with Gasteiger partial charge in [0, 0.05) is 0 Å². The highest BCUT2D eigenvalue weighted by Crippen LogP contribution is 2.38. The largest absolute Gasteiger partial charge is 0.460 e. The summed E-state index contributed by atoms with van der Waals surface area (Å²) in [6, 6.07) is 9.26. The standard InChI is InChI=1S/C15H19NO2/c17-14(13-6-2-1-3-7-13)18-12-15-8-4-10-16(15)11-5-9-15/h1-3,6-7H,4-5,8-12H2. The summed E-state index contributed by atoms with van der Waals surface area (Å²) in [4.78, 5) is 14.5. The molecule has 0 bridgehead atoms. The molecule has 0 radical (unpaired) electrons. The zero-order valence-corrected chi connectivity index (χ0v) is 10.6. The van der Waals surface area contributed by atoms with Crippen LogP contribution in [0.15, 0.2) is 30.3 Å². The van der Waals surface area contributed by atoms with Crippen molar-refractivity contribution in [2.75, 3.05) is 19.7 Å². The lowest BCUT2D eigenvalue weighted by Crippen LogP contribution is -2.43. The third-order valence-electron chi connectivity index (χ3n) is 4.29. The van der Waals surface area contributed by atoms with Crippen LogP contribution in [0.2, 0.25) is 0 Å². The highest BCUT2D eigenvalue weighted by Gasteiger charge is 2.45. The topological polar surface area (TPSA) is 29.5 Å². The lowest BCUT2D eigenvalue weighted by Gasteiger charge is -2.31. The average molecular weight is 245 g/mol. The zero-order valence-electron chi connectivity index (χ0n) is 10.6. The van der Waals surface area contributed by atoms with Crippen molar-refractivity contribution in [3.05, 3.63) is 35.9 Å². The van der Waals surface area contributed by atoms with E-state index < -0.39 is 0 Å². The second-order valence-electron chi connectivity index (χ2n) is 5.36. The number of hydrogen-bond acceptors (Lipinski definition) is 3. The smallest absolute Gasteiger partial charge is 0.338 e. The fourth-order valence-corrected chi connectivity index (χ4v) is 3.32. The van der Waals surface area contributed by atoms with E-state index in [1.165, 1.54) is 38.8 Å². The normalized spacial score (nSPS) is 21.8. The molecule has 0 aliphatic carbocycles. The Hall–Kier alpha value is -1.35. The molecule has 2 aliphatic rings. The van der Waals surface area contributed by atoms with Gasteiger partial charge in [0.1, 0.15) is 6.61 Å². The van der Waals surface area contributed by atoms with Gasteiger partial charge in [-0.3, -0.25) is 4.90 Å². The molecule has 0 amide bonds. The molecule has 3 nitrogen and oxygen atoms in total. The van der Waals surface area contributed by atoms with Crippen molar-refractivity contribution in [2.24, 2.45) is 0 Å². The Balaban J connectivity index is 1.63. The number of benzene rings is 1. The average Bonchev–Trinajstić information content (AvgIpc) is 2.96. The van der Waals surface area contributed by atoms with Crippen LogP contribution >= 0.6 is 0 Å². The monoisotopic (exact) mass is 245 g/mol. The Labute approximate surface area is 108 Å². The van der Waals surface area contributed by atoms with E-state index in [0.717, 1.165) is 0 Å². The summed E-state index contributed by atoms with van der Waals surface area (Å²) in [6.45, 7) is 2.90. The van der Waals surface area contributed by atoms with Crippen LogP contribution in [-0.4, -0.2) is 36.1 Å². The maximum absolute atomic E-state index is 11.9. The molecule has 2 fully saturated rings. The summed E-state index contributed by atoms with van der Waals surface area (Å²) in [5.74, 6) is -0.191. The Morgan fingerprint density at radius 1 is 1.17 bits per heavy atom. The van der Waals surface area contributed by atoms with Gasteiger partial charge in [-0.1, -0.05) is 18.2 Å². The molecule has 2 aliphatic heterocycles. The molecule has 1 aromatic carbocycles. The predicted octanol–water partition coefficient (Wildman–Crippen LogP) is 2.47. The first-order valence-electron chi connectivity index (χ1n) is 6.77. The number of hydrogen-bond donors (Lipinski definition) is 0. The van der Waals surface area contributed by atoms with Gasteiger partial charge in [0.15, 0.2) is 0 Å². The van der Waals surface area contributed by atoms with Crippen molar-refractivity contribution in [1.29, 1.82) is 0 Å². The van der Waals surface area contributed by atoms with Gasteiger partial charge in [0.25, 0.3) is 0 Å². The van der Waals surface area contributed by atoms with E-state index in [9.17, 15) is 4.79 Å². The van der Waals surface area contributed by atoms with Gasteiger partial charge in [0.05, 0.1) is 11.1 Å². The number of ether oxygens (including phenoxy) is 1. The Morgan fingerprint density at radius 2 is 1.83 bits per heavy atom. The second kappa shape index (κ2) is 4.73. The van der Waals surface area contributed by atoms with Crippen molar-refractivity contribution in [3.63, 3.8) is 0 Å². The molecular weight excluding hydrogens is 226 g/mol. The minimum Gasteiger partial charge on any atom is -0.460 e. The lowest BCUT2D eigenvalue weighted by atomic mass is 9.95. The fraction of sp³-hybridized carbons (Fsp3) is 0.533. The van der Waals surface area contributed by atoms with Crippen LogP contribution in [0.5, 0.6) is 0 Å². The van der Waals surface area contributed by atoms with Gasteiger partial charge in [-0.2, -0.15) is 0 Å². The second-order valence-corrected chi connectivity index (χ2v) is 5.36. The number of rotatable bonds is 3. The SMILES string of the molecule is O=C(OCC12CCCN1CCC2)c1ccccc1. The summed E-state index contributed by atoms with van der Waals surface area (Å²) < 4.78 is 5.54. The van der Waals surface area contributed by atoms with Crippen molar-refractivity contribution >= 4 is 5.97 Å².